The number of hydrogen-bond donors (Lipinski definition) is 0. The predicted octanol–water partition coefficient (Wildman–Crippen LogP) is 6.95. The molecule has 0 radical (unpaired) electrons. The molecule has 1 aliphatic rings. The van der Waals surface area contributed by atoms with Crippen molar-refractivity contribution in [1.82, 2.24) is 0 Å². The van der Waals surface area contributed by atoms with Crippen molar-refractivity contribution in [3.8, 4) is 0 Å². The van der Waals surface area contributed by atoms with Gasteiger partial charge in [0.05, 0.1) is 11.4 Å². The first-order valence-electron chi connectivity index (χ1n) is 12.2. The molecule has 0 N–H and O–H groups in total. The van der Waals surface area contributed by atoms with Crippen LogP contribution < -0.4 is 9.80 Å². The van der Waals surface area contributed by atoms with Gasteiger partial charge in [-0.1, -0.05) is 87.8 Å². The number of urea groups is 1. The van der Waals surface area contributed by atoms with Crippen LogP contribution >= 0.6 is 0 Å². The summed E-state index contributed by atoms with van der Waals surface area (Å²) in [5, 5.41) is 0. The molecule has 5 nitrogen and oxygen atoms in total. The third-order valence-electron chi connectivity index (χ3n) is 6.75. The highest BCUT2D eigenvalue weighted by molar-refractivity contribution is 6.38. The topological polar surface area (TPSA) is 57.7 Å². The molecule has 2 aromatic rings. The van der Waals surface area contributed by atoms with Crippen molar-refractivity contribution in [3.63, 3.8) is 0 Å². The molecule has 0 spiro atoms. The highest BCUT2D eigenvalue weighted by Gasteiger charge is 2.56. The molecule has 176 valence electrons. The van der Waals surface area contributed by atoms with Crippen LogP contribution in [0.5, 0.6) is 0 Å². The fraction of sp³-hybridized carbons (Fsp3) is 0.464. The number of barbiturate groups is 1. The van der Waals surface area contributed by atoms with E-state index in [1.807, 2.05) is 45.0 Å². The van der Waals surface area contributed by atoms with Gasteiger partial charge in [-0.25, -0.2) is 14.6 Å². The van der Waals surface area contributed by atoms with Gasteiger partial charge in [0.15, 0.2) is 0 Å². The first-order valence-corrected chi connectivity index (χ1v) is 12.2. The van der Waals surface area contributed by atoms with Gasteiger partial charge >= 0.3 is 6.03 Å². The quantitative estimate of drug-likeness (QED) is 0.292. The van der Waals surface area contributed by atoms with E-state index in [9.17, 15) is 14.4 Å². The third kappa shape index (κ3) is 5.02. The largest absolute Gasteiger partial charge is 0.342 e. The van der Waals surface area contributed by atoms with E-state index in [2.05, 4.69) is 6.92 Å². The summed E-state index contributed by atoms with van der Waals surface area (Å²) in [5.41, 5.74) is 1.84. The number of imide groups is 2. The Bertz CT molecular complexity index is 912. The second kappa shape index (κ2) is 10.8. The van der Waals surface area contributed by atoms with E-state index in [0.29, 0.717) is 24.2 Å². The molecule has 0 atom stereocenters. The number of anilines is 2. The Kier molecular flexibility index (Phi) is 8.06. The van der Waals surface area contributed by atoms with Crippen LogP contribution in [0.3, 0.4) is 0 Å². The van der Waals surface area contributed by atoms with E-state index in [-0.39, 0.29) is 0 Å². The van der Waals surface area contributed by atoms with Gasteiger partial charge < -0.3 is 0 Å². The summed E-state index contributed by atoms with van der Waals surface area (Å²) in [6, 6.07) is 14.0. The molecule has 1 saturated heterocycles. The van der Waals surface area contributed by atoms with E-state index in [1.165, 1.54) is 29.1 Å². The molecule has 2 aromatic carbocycles. The fourth-order valence-corrected chi connectivity index (χ4v) is 4.54. The maximum Gasteiger partial charge on any atom is 0.342 e. The first-order chi connectivity index (χ1) is 15.9. The Hall–Kier alpha value is -2.95. The molecule has 0 unspecified atom stereocenters. The number of amides is 4. The Morgan fingerprint density at radius 1 is 0.636 bits per heavy atom. The van der Waals surface area contributed by atoms with Gasteiger partial charge in [-0.3, -0.25) is 9.59 Å². The molecule has 0 aliphatic carbocycles. The molecular weight excluding hydrogens is 412 g/mol. The van der Waals surface area contributed by atoms with Crippen LogP contribution in [-0.2, 0) is 9.59 Å². The molecule has 33 heavy (non-hydrogen) atoms. The molecular formula is C28H36N2O3. The summed E-state index contributed by atoms with van der Waals surface area (Å²) >= 11 is 0. The number of hydrogen-bond acceptors (Lipinski definition) is 3. The number of rotatable bonds is 10. The maximum absolute atomic E-state index is 13.8. The van der Waals surface area contributed by atoms with Crippen LogP contribution in [0, 0.1) is 19.3 Å². The fourth-order valence-electron chi connectivity index (χ4n) is 4.54. The van der Waals surface area contributed by atoms with Crippen molar-refractivity contribution in [2.45, 2.75) is 79.1 Å². The van der Waals surface area contributed by atoms with Gasteiger partial charge in [-0.15, -0.1) is 0 Å². The zero-order chi connectivity index (χ0) is 24.0. The van der Waals surface area contributed by atoms with Gasteiger partial charge in [-0.05, 0) is 51.0 Å². The standard InChI is InChI=1S/C28H36N2O3/c1-5-7-8-9-10-11-20-28(6-2)25(31)29(23-16-12-21(3)13-17-23)27(33)30(26(28)32)24-18-14-22(4)15-19-24/h12-19H,5-11,20H2,1-4H3. The van der Waals surface area contributed by atoms with E-state index in [1.54, 1.807) is 24.3 Å². The van der Waals surface area contributed by atoms with Gasteiger partial charge in [0, 0.05) is 0 Å². The van der Waals surface area contributed by atoms with E-state index in [4.69, 9.17) is 0 Å². The van der Waals surface area contributed by atoms with Crippen molar-refractivity contribution in [2.24, 2.45) is 5.41 Å². The molecule has 1 aliphatic heterocycles. The minimum Gasteiger partial charge on any atom is -0.273 e. The summed E-state index contributed by atoms with van der Waals surface area (Å²) in [6.45, 7) is 7.98. The van der Waals surface area contributed by atoms with Crippen LogP contribution in [0.4, 0.5) is 16.2 Å². The SMILES string of the molecule is CCCCCCCCC1(CC)C(=O)N(c2ccc(C)cc2)C(=O)N(c2ccc(C)cc2)C1=O. The number of unbranched alkanes of at least 4 members (excludes halogenated alkanes) is 5. The monoisotopic (exact) mass is 448 g/mol. The summed E-state index contributed by atoms with van der Waals surface area (Å²) in [4.78, 5) is 43.7. The van der Waals surface area contributed by atoms with Crippen LogP contribution in [0.1, 0.15) is 76.3 Å². The van der Waals surface area contributed by atoms with Crippen LogP contribution in [0.2, 0.25) is 0 Å². The lowest BCUT2D eigenvalue weighted by Gasteiger charge is -2.43. The molecule has 1 fully saturated rings. The Labute approximate surface area is 197 Å². The second-order valence-electron chi connectivity index (χ2n) is 9.19. The molecule has 5 heteroatoms. The first kappa shape index (κ1) is 24.7. The summed E-state index contributed by atoms with van der Waals surface area (Å²) < 4.78 is 0. The zero-order valence-corrected chi connectivity index (χ0v) is 20.4. The normalized spacial score (nSPS) is 15.9. The highest BCUT2D eigenvalue weighted by Crippen LogP contribution is 2.41. The second-order valence-corrected chi connectivity index (χ2v) is 9.19. The maximum atomic E-state index is 13.8. The lowest BCUT2D eigenvalue weighted by Crippen LogP contribution is -2.65. The van der Waals surface area contributed by atoms with Crippen LogP contribution in [0.25, 0.3) is 0 Å². The smallest absolute Gasteiger partial charge is 0.273 e. The molecule has 0 aromatic heterocycles. The summed E-state index contributed by atoms with van der Waals surface area (Å²) in [6.07, 6.45) is 7.21. The van der Waals surface area contributed by atoms with Crippen molar-refractivity contribution in [2.75, 3.05) is 9.80 Å². The number of carbonyl (C=O) groups excluding carboxylic acids is 3. The third-order valence-corrected chi connectivity index (χ3v) is 6.75. The van der Waals surface area contributed by atoms with E-state index >= 15 is 0 Å². The van der Waals surface area contributed by atoms with Crippen LogP contribution in [-0.4, -0.2) is 17.8 Å². The van der Waals surface area contributed by atoms with E-state index < -0.39 is 23.3 Å². The highest BCUT2D eigenvalue weighted by atomic mass is 16.2. The zero-order valence-electron chi connectivity index (χ0n) is 20.4. The average molecular weight is 449 g/mol. The molecule has 3 rings (SSSR count). The minimum atomic E-state index is -1.24. The lowest BCUT2D eigenvalue weighted by atomic mass is 9.75. The van der Waals surface area contributed by atoms with Crippen LogP contribution in [0.15, 0.2) is 48.5 Å². The molecule has 4 amide bonds. The Morgan fingerprint density at radius 2 is 1.06 bits per heavy atom. The van der Waals surface area contributed by atoms with Gasteiger partial charge in [0.2, 0.25) is 0 Å². The molecule has 0 saturated carbocycles. The average Bonchev–Trinajstić information content (AvgIpc) is 2.81. The van der Waals surface area contributed by atoms with Crippen molar-refractivity contribution in [3.05, 3.63) is 59.7 Å². The lowest BCUT2D eigenvalue weighted by molar-refractivity contribution is -0.141. The summed E-state index contributed by atoms with van der Waals surface area (Å²) in [5.74, 6) is -0.804. The molecule has 1 heterocycles. The summed E-state index contributed by atoms with van der Waals surface area (Å²) in [7, 11) is 0. The van der Waals surface area contributed by atoms with Gasteiger partial charge in [0.1, 0.15) is 5.41 Å². The number of aryl methyl sites for hydroxylation is 2. The predicted molar refractivity (Wildman–Crippen MR) is 133 cm³/mol. The number of nitrogens with zero attached hydrogens (tertiary/aromatic N) is 2. The minimum absolute atomic E-state index is 0.359. The van der Waals surface area contributed by atoms with E-state index in [0.717, 1.165) is 30.4 Å². The van der Waals surface area contributed by atoms with Gasteiger partial charge in [-0.2, -0.15) is 0 Å². The van der Waals surface area contributed by atoms with Gasteiger partial charge in [0.25, 0.3) is 11.8 Å². The van der Waals surface area contributed by atoms with Crippen molar-refractivity contribution in [1.29, 1.82) is 0 Å². The number of carbonyl (C=O) groups is 3. The van der Waals surface area contributed by atoms with Crippen molar-refractivity contribution >= 4 is 29.2 Å². The van der Waals surface area contributed by atoms with Crippen molar-refractivity contribution < 1.29 is 14.4 Å². The Balaban J connectivity index is 2.00. The Morgan fingerprint density at radius 3 is 1.48 bits per heavy atom. The molecule has 0 bridgehead atoms. The number of benzene rings is 2.